The van der Waals surface area contributed by atoms with Crippen molar-refractivity contribution in [3.63, 3.8) is 0 Å². The van der Waals surface area contributed by atoms with Crippen LogP contribution in [0.2, 0.25) is 0 Å². The lowest BCUT2D eigenvalue weighted by Crippen LogP contribution is -2.55. The second-order valence-corrected chi connectivity index (χ2v) is 6.27. The molecule has 2 bridgehead atoms. The molecule has 0 saturated carbocycles. The fourth-order valence-corrected chi connectivity index (χ4v) is 4.63. The zero-order valence-electron chi connectivity index (χ0n) is 7.64. The van der Waals surface area contributed by atoms with E-state index in [0.29, 0.717) is 13.1 Å². The van der Waals surface area contributed by atoms with Crippen LogP contribution in [0, 0.1) is 17.8 Å². The average Bonchev–Trinajstić information content (AvgIpc) is 1.99. The van der Waals surface area contributed by atoms with Gasteiger partial charge in [0.2, 0.25) is 0 Å². The molecule has 5 nitrogen and oxygen atoms in total. The van der Waals surface area contributed by atoms with E-state index in [1.165, 1.54) is 0 Å². The Morgan fingerprint density at radius 1 is 1.21 bits per heavy atom. The molecule has 2 saturated heterocycles. The van der Waals surface area contributed by atoms with Crippen molar-refractivity contribution < 1.29 is 18.3 Å². The van der Waals surface area contributed by atoms with Gasteiger partial charge in [-0.25, -0.2) is 8.42 Å². The van der Waals surface area contributed by atoms with Gasteiger partial charge in [0.25, 0.3) is 0 Å². The first kappa shape index (κ1) is 9.92. The first-order valence-electron chi connectivity index (χ1n) is 4.63. The Kier molecular flexibility index (Phi) is 2.27. The van der Waals surface area contributed by atoms with E-state index in [1.54, 1.807) is 0 Å². The van der Waals surface area contributed by atoms with Crippen LogP contribution in [0.5, 0.6) is 0 Å². The van der Waals surface area contributed by atoms with Crippen molar-refractivity contribution in [2.75, 3.05) is 24.6 Å². The fraction of sp³-hybridized carbons (Fsp3) is 0.875. The van der Waals surface area contributed by atoms with Gasteiger partial charge in [0.1, 0.15) is 0 Å². The molecule has 0 aromatic rings. The first-order valence-corrected chi connectivity index (χ1v) is 6.46. The Hall–Kier alpha value is -0.620. The zero-order chi connectivity index (χ0) is 10.3. The molecular weight excluding hydrogens is 206 g/mol. The summed E-state index contributed by atoms with van der Waals surface area (Å²) in [5, 5.41) is 12.1. The van der Waals surface area contributed by atoms with Crippen LogP contribution < -0.4 is 5.32 Å². The maximum Gasteiger partial charge on any atom is 0.307 e. The minimum atomic E-state index is -3.01. The summed E-state index contributed by atoms with van der Waals surface area (Å²) in [5.74, 6) is -1.77. The van der Waals surface area contributed by atoms with Crippen molar-refractivity contribution in [1.82, 2.24) is 5.32 Å². The predicted octanol–water partition coefficient (Wildman–Crippen LogP) is -1.05. The molecule has 0 aromatic heterocycles. The van der Waals surface area contributed by atoms with E-state index in [4.69, 9.17) is 5.11 Å². The van der Waals surface area contributed by atoms with Crippen molar-refractivity contribution in [2.24, 2.45) is 17.8 Å². The molecule has 2 N–H and O–H groups in total. The summed E-state index contributed by atoms with van der Waals surface area (Å²) in [7, 11) is -3.01. The van der Waals surface area contributed by atoms with E-state index in [-0.39, 0.29) is 23.3 Å². The van der Waals surface area contributed by atoms with Crippen LogP contribution in [-0.4, -0.2) is 44.1 Å². The van der Waals surface area contributed by atoms with E-state index in [1.807, 2.05) is 0 Å². The molecule has 2 heterocycles. The molecular formula is C8H13NO4S. The van der Waals surface area contributed by atoms with Crippen LogP contribution in [0.4, 0.5) is 0 Å². The minimum Gasteiger partial charge on any atom is -0.481 e. The Labute approximate surface area is 82.4 Å². The summed E-state index contributed by atoms with van der Waals surface area (Å²) in [6.07, 6.45) is 0. The summed E-state index contributed by atoms with van der Waals surface area (Å²) >= 11 is 0. The minimum absolute atomic E-state index is 0.0213. The third-order valence-electron chi connectivity index (χ3n) is 3.05. The Balaban J connectivity index is 2.28. The number of fused-ring (bicyclic) bond motifs is 2. The largest absolute Gasteiger partial charge is 0.481 e. The van der Waals surface area contributed by atoms with Crippen molar-refractivity contribution in [3.8, 4) is 0 Å². The van der Waals surface area contributed by atoms with Gasteiger partial charge in [0.05, 0.1) is 17.4 Å². The molecule has 6 heteroatoms. The van der Waals surface area contributed by atoms with Crippen LogP contribution in [-0.2, 0) is 14.6 Å². The number of piperidine rings is 1. The number of hydrogen-bond donors (Lipinski definition) is 2. The lowest BCUT2D eigenvalue weighted by molar-refractivity contribution is -0.146. The summed E-state index contributed by atoms with van der Waals surface area (Å²) in [4.78, 5) is 11.0. The molecule has 2 unspecified atom stereocenters. The smallest absolute Gasteiger partial charge is 0.307 e. The molecule has 2 aliphatic heterocycles. The molecule has 2 rings (SSSR count). The van der Waals surface area contributed by atoms with Gasteiger partial charge in [0, 0.05) is 0 Å². The van der Waals surface area contributed by atoms with E-state index in [2.05, 4.69) is 5.32 Å². The predicted molar refractivity (Wildman–Crippen MR) is 49.6 cm³/mol. The summed E-state index contributed by atoms with van der Waals surface area (Å²) in [6.45, 7) is 1.01. The Morgan fingerprint density at radius 2 is 1.71 bits per heavy atom. The van der Waals surface area contributed by atoms with Crippen LogP contribution in [0.3, 0.4) is 0 Å². The van der Waals surface area contributed by atoms with Crippen molar-refractivity contribution in [2.45, 2.75) is 0 Å². The fourth-order valence-electron chi connectivity index (χ4n) is 2.54. The second kappa shape index (κ2) is 3.20. The van der Waals surface area contributed by atoms with Crippen molar-refractivity contribution in [1.29, 1.82) is 0 Å². The summed E-state index contributed by atoms with van der Waals surface area (Å²) in [5.41, 5.74) is 0. The average molecular weight is 219 g/mol. The third kappa shape index (κ3) is 1.64. The Bertz CT molecular complexity index is 330. The topological polar surface area (TPSA) is 83.5 Å². The second-order valence-electron chi connectivity index (χ2n) is 4.12. The molecule has 2 atom stereocenters. The number of carbonyl (C=O) groups is 1. The van der Waals surface area contributed by atoms with Gasteiger partial charge >= 0.3 is 5.97 Å². The van der Waals surface area contributed by atoms with Gasteiger partial charge in [0.15, 0.2) is 9.84 Å². The summed E-state index contributed by atoms with van der Waals surface area (Å²) < 4.78 is 22.8. The number of sulfone groups is 1. The van der Waals surface area contributed by atoms with Crippen molar-refractivity contribution >= 4 is 15.8 Å². The van der Waals surface area contributed by atoms with Gasteiger partial charge in [-0.15, -0.1) is 0 Å². The molecule has 80 valence electrons. The molecule has 0 amide bonds. The molecule has 0 spiro atoms. The standard InChI is InChI=1S/C8H13NO4S/c10-8(11)7-5-1-9-2-6(7)4-14(12,13)3-5/h5-7,9H,1-4H2,(H,10,11). The van der Waals surface area contributed by atoms with Crippen LogP contribution >= 0.6 is 0 Å². The van der Waals surface area contributed by atoms with Crippen LogP contribution in [0.1, 0.15) is 0 Å². The van der Waals surface area contributed by atoms with E-state index >= 15 is 0 Å². The maximum atomic E-state index is 11.4. The zero-order valence-corrected chi connectivity index (χ0v) is 8.46. The van der Waals surface area contributed by atoms with Gasteiger partial charge < -0.3 is 10.4 Å². The lowest BCUT2D eigenvalue weighted by Gasteiger charge is -2.39. The highest BCUT2D eigenvalue weighted by Crippen LogP contribution is 2.32. The number of nitrogens with one attached hydrogen (secondary N) is 1. The normalized spacial score (nSPS) is 40.4. The lowest BCUT2D eigenvalue weighted by atomic mass is 9.80. The highest BCUT2D eigenvalue weighted by molar-refractivity contribution is 7.91. The number of carboxylic acids is 1. The summed E-state index contributed by atoms with van der Waals surface area (Å²) in [6, 6.07) is 0. The number of aliphatic carboxylic acids is 1. The number of hydrogen-bond acceptors (Lipinski definition) is 4. The highest BCUT2D eigenvalue weighted by atomic mass is 32.2. The highest BCUT2D eigenvalue weighted by Gasteiger charge is 2.46. The number of carboxylic acid groups (broad SMARTS) is 1. The quantitative estimate of drug-likeness (QED) is 0.588. The molecule has 0 aromatic carbocycles. The number of rotatable bonds is 1. The van der Waals surface area contributed by atoms with Gasteiger partial charge in [-0.3, -0.25) is 4.79 Å². The monoisotopic (exact) mass is 219 g/mol. The van der Waals surface area contributed by atoms with Gasteiger partial charge in [-0.2, -0.15) is 0 Å². The SMILES string of the molecule is O=C(O)C1C2CNCC1CS(=O)(=O)C2. The van der Waals surface area contributed by atoms with Crippen molar-refractivity contribution in [3.05, 3.63) is 0 Å². The molecule has 2 aliphatic rings. The van der Waals surface area contributed by atoms with Gasteiger partial charge in [-0.05, 0) is 24.9 Å². The van der Waals surface area contributed by atoms with Gasteiger partial charge in [-0.1, -0.05) is 0 Å². The Morgan fingerprint density at radius 3 is 2.14 bits per heavy atom. The molecule has 0 aliphatic carbocycles. The van der Waals surface area contributed by atoms with Crippen LogP contribution in [0.15, 0.2) is 0 Å². The van der Waals surface area contributed by atoms with E-state index in [9.17, 15) is 13.2 Å². The van der Waals surface area contributed by atoms with E-state index < -0.39 is 21.7 Å². The molecule has 2 fully saturated rings. The maximum absolute atomic E-state index is 11.4. The molecule has 14 heavy (non-hydrogen) atoms. The van der Waals surface area contributed by atoms with Crippen LogP contribution in [0.25, 0.3) is 0 Å². The first-order chi connectivity index (χ1) is 6.49. The molecule has 0 radical (unpaired) electrons. The van der Waals surface area contributed by atoms with E-state index in [0.717, 1.165) is 0 Å². The third-order valence-corrected chi connectivity index (χ3v) is 4.92.